The molecule has 0 N–H and O–H groups in total. The monoisotopic (exact) mass is 229 g/mol. The van der Waals surface area contributed by atoms with E-state index < -0.39 is 10.2 Å². The van der Waals surface area contributed by atoms with Crippen molar-refractivity contribution in [1.82, 2.24) is 13.3 Å². The van der Waals surface area contributed by atoms with Crippen LogP contribution in [-0.2, 0) is 10.2 Å². The van der Waals surface area contributed by atoms with E-state index in [0.717, 1.165) is 19.3 Å². The van der Waals surface area contributed by atoms with Crippen molar-refractivity contribution in [2.24, 2.45) is 0 Å². The number of imidazole rings is 1. The standard InChI is InChI=1S/C9H15N3O2S/c1-9-10-5-8-12(9)15(13,14)11-6-3-2-4-7-11/h5,8H,2-4,6-7H2,1H3. The van der Waals surface area contributed by atoms with Gasteiger partial charge >= 0.3 is 10.2 Å². The van der Waals surface area contributed by atoms with Gasteiger partial charge in [-0.3, -0.25) is 0 Å². The Hall–Kier alpha value is -0.880. The van der Waals surface area contributed by atoms with Gasteiger partial charge in [-0.15, -0.1) is 0 Å². The van der Waals surface area contributed by atoms with Crippen LogP contribution in [0.2, 0.25) is 0 Å². The van der Waals surface area contributed by atoms with Crippen molar-refractivity contribution in [3.05, 3.63) is 18.2 Å². The summed E-state index contributed by atoms with van der Waals surface area (Å²) in [6, 6.07) is 0. The first kappa shape index (κ1) is 10.6. The maximum Gasteiger partial charge on any atom is 0.308 e. The summed E-state index contributed by atoms with van der Waals surface area (Å²) in [6.07, 6.45) is 6.03. The quantitative estimate of drug-likeness (QED) is 0.752. The average Bonchev–Trinajstić information content (AvgIpc) is 2.66. The summed E-state index contributed by atoms with van der Waals surface area (Å²) in [4.78, 5) is 3.93. The summed E-state index contributed by atoms with van der Waals surface area (Å²) in [5.74, 6) is 0.514. The van der Waals surface area contributed by atoms with E-state index in [0.29, 0.717) is 18.9 Å². The van der Waals surface area contributed by atoms with Gasteiger partial charge in [0.25, 0.3) is 0 Å². The van der Waals surface area contributed by atoms with Crippen LogP contribution in [0.3, 0.4) is 0 Å². The predicted molar refractivity (Wildman–Crippen MR) is 56.7 cm³/mol. The highest BCUT2D eigenvalue weighted by molar-refractivity contribution is 7.87. The number of piperidine rings is 1. The van der Waals surface area contributed by atoms with Crippen molar-refractivity contribution in [1.29, 1.82) is 0 Å². The summed E-state index contributed by atoms with van der Waals surface area (Å²) in [7, 11) is -3.36. The average molecular weight is 229 g/mol. The summed E-state index contributed by atoms with van der Waals surface area (Å²) in [5, 5.41) is 0. The van der Waals surface area contributed by atoms with Crippen molar-refractivity contribution < 1.29 is 8.42 Å². The first-order valence-electron chi connectivity index (χ1n) is 5.13. The molecule has 0 atom stereocenters. The second-order valence-electron chi connectivity index (χ2n) is 3.74. The van der Waals surface area contributed by atoms with Crippen LogP contribution in [0.5, 0.6) is 0 Å². The van der Waals surface area contributed by atoms with Crippen LogP contribution in [0.25, 0.3) is 0 Å². The summed E-state index contributed by atoms with van der Waals surface area (Å²) in [6.45, 7) is 2.95. The second kappa shape index (κ2) is 3.94. The molecule has 84 valence electrons. The fourth-order valence-electron chi connectivity index (χ4n) is 1.83. The zero-order chi connectivity index (χ0) is 10.9. The van der Waals surface area contributed by atoms with E-state index in [-0.39, 0.29) is 0 Å². The third-order valence-corrected chi connectivity index (χ3v) is 4.57. The van der Waals surface area contributed by atoms with Crippen molar-refractivity contribution in [3.63, 3.8) is 0 Å². The van der Waals surface area contributed by atoms with Crippen LogP contribution in [0, 0.1) is 6.92 Å². The van der Waals surface area contributed by atoms with E-state index in [2.05, 4.69) is 4.98 Å². The Morgan fingerprint density at radius 3 is 2.47 bits per heavy atom. The molecule has 1 aromatic heterocycles. The Balaban J connectivity index is 2.30. The number of rotatable bonds is 2. The molecule has 0 aromatic carbocycles. The number of nitrogens with zero attached hydrogens (tertiary/aromatic N) is 3. The Morgan fingerprint density at radius 1 is 1.27 bits per heavy atom. The number of aromatic nitrogens is 2. The molecule has 0 aliphatic carbocycles. The minimum Gasteiger partial charge on any atom is -0.241 e. The summed E-state index contributed by atoms with van der Waals surface area (Å²) in [5.41, 5.74) is 0. The van der Waals surface area contributed by atoms with Crippen LogP contribution >= 0.6 is 0 Å². The van der Waals surface area contributed by atoms with Crippen LogP contribution < -0.4 is 0 Å². The van der Waals surface area contributed by atoms with Crippen molar-refractivity contribution in [2.75, 3.05) is 13.1 Å². The Bertz CT molecular complexity index is 432. The fraction of sp³-hybridized carbons (Fsp3) is 0.667. The van der Waals surface area contributed by atoms with E-state index in [1.165, 1.54) is 20.7 Å². The van der Waals surface area contributed by atoms with Gasteiger partial charge in [-0.25, -0.2) is 8.96 Å². The molecule has 15 heavy (non-hydrogen) atoms. The topological polar surface area (TPSA) is 55.2 Å². The molecule has 1 saturated heterocycles. The van der Waals surface area contributed by atoms with Gasteiger partial charge in [0.05, 0.1) is 0 Å². The van der Waals surface area contributed by atoms with E-state index in [1.807, 2.05) is 0 Å². The van der Waals surface area contributed by atoms with Gasteiger partial charge in [0.2, 0.25) is 0 Å². The lowest BCUT2D eigenvalue weighted by atomic mass is 10.2. The molecule has 0 saturated carbocycles. The highest BCUT2D eigenvalue weighted by Crippen LogP contribution is 2.15. The third kappa shape index (κ3) is 1.91. The van der Waals surface area contributed by atoms with E-state index in [9.17, 15) is 8.42 Å². The lowest BCUT2D eigenvalue weighted by Gasteiger charge is -2.26. The van der Waals surface area contributed by atoms with Crippen LogP contribution in [0.15, 0.2) is 12.4 Å². The Kier molecular flexibility index (Phi) is 2.79. The van der Waals surface area contributed by atoms with Crippen molar-refractivity contribution >= 4 is 10.2 Å². The highest BCUT2D eigenvalue weighted by atomic mass is 32.2. The zero-order valence-corrected chi connectivity index (χ0v) is 9.57. The van der Waals surface area contributed by atoms with Gasteiger partial charge in [0.15, 0.2) is 0 Å². The molecule has 6 heteroatoms. The molecule has 0 unspecified atom stereocenters. The number of hydrogen-bond donors (Lipinski definition) is 0. The minimum absolute atomic E-state index is 0.514. The molecule has 1 fully saturated rings. The van der Waals surface area contributed by atoms with Gasteiger partial charge in [0.1, 0.15) is 5.82 Å². The maximum atomic E-state index is 12.1. The molecule has 0 radical (unpaired) electrons. The highest BCUT2D eigenvalue weighted by Gasteiger charge is 2.26. The first-order valence-corrected chi connectivity index (χ1v) is 6.52. The summed E-state index contributed by atoms with van der Waals surface area (Å²) < 4.78 is 27.0. The predicted octanol–water partition coefficient (Wildman–Crippen LogP) is 0.770. The van der Waals surface area contributed by atoms with Gasteiger partial charge in [-0.2, -0.15) is 12.7 Å². The molecular formula is C9H15N3O2S. The maximum absolute atomic E-state index is 12.1. The van der Waals surface area contributed by atoms with Gasteiger partial charge in [-0.05, 0) is 19.8 Å². The Labute approximate surface area is 89.9 Å². The smallest absolute Gasteiger partial charge is 0.241 e. The molecule has 0 amide bonds. The van der Waals surface area contributed by atoms with Gasteiger partial charge in [-0.1, -0.05) is 6.42 Å². The molecule has 2 rings (SSSR count). The van der Waals surface area contributed by atoms with Crippen LogP contribution in [-0.4, -0.2) is 34.8 Å². The molecule has 1 aromatic rings. The minimum atomic E-state index is -3.36. The molecule has 1 aliphatic rings. The van der Waals surface area contributed by atoms with E-state index in [1.54, 1.807) is 6.92 Å². The van der Waals surface area contributed by atoms with Crippen molar-refractivity contribution in [2.45, 2.75) is 26.2 Å². The molecule has 0 bridgehead atoms. The zero-order valence-electron chi connectivity index (χ0n) is 8.76. The summed E-state index contributed by atoms with van der Waals surface area (Å²) >= 11 is 0. The Morgan fingerprint density at radius 2 is 1.93 bits per heavy atom. The largest absolute Gasteiger partial charge is 0.308 e. The molecule has 0 spiro atoms. The molecule has 2 heterocycles. The third-order valence-electron chi connectivity index (χ3n) is 2.67. The molecule has 1 aliphatic heterocycles. The molecule has 5 nitrogen and oxygen atoms in total. The van der Waals surface area contributed by atoms with E-state index in [4.69, 9.17) is 0 Å². The lowest BCUT2D eigenvalue weighted by molar-refractivity contribution is 0.342. The van der Waals surface area contributed by atoms with E-state index >= 15 is 0 Å². The number of hydrogen-bond acceptors (Lipinski definition) is 3. The normalized spacial score (nSPS) is 19.3. The number of aryl methyl sites for hydroxylation is 1. The van der Waals surface area contributed by atoms with Gasteiger partial charge < -0.3 is 0 Å². The second-order valence-corrected chi connectivity index (χ2v) is 5.54. The van der Waals surface area contributed by atoms with Crippen LogP contribution in [0.4, 0.5) is 0 Å². The molecular weight excluding hydrogens is 214 g/mol. The fourth-order valence-corrected chi connectivity index (χ4v) is 3.39. The first-order chi connectivity index (χ1) is 7.12. The van der Waals surface area contributed by atoms with Crippen molar-refractivity contribution in [3.8, 4) is 0 Å². The van der Waals surface area contributed by atoms with Crippen LogP contribution in [0.1, 0.15) is 25.1 Å². The van der Waals surface area contributed by atoms with Gasteiger partial charge in [0, 0.05) is 25.5 Å². The SMILES string of the molecule is Cc1nccn1S(=O)(=O)N1CCCCC1. The lowest BCUT2D eigenvalue weighted by Crippen LogP contribution is -2.39.